The second-order valence-electron chi connectivity index (χ2n) is 7.19. The Hall–Kier alpha value is -2.93. The van der Waals surface area contributed by atoms with Crippen molar-refractivity contribution < 1.29 is 9.53 Å². The summed E-state index contributed by atoms with van der Waals surface area (Å²) in [5, 5.41) is 4.99. The van der Waals surface area contributed by atoms with Crippen LogP contribution in [-0.2, 0) is 19.3 Å². The molecule has 164 valence electrons. The van der Waals surface area contributed by atoms with Gasteiger partial charge in [-0.3, -0.25) is 9.59 Å². The molecule has 31 heavy (non-hydrogen) atoms. The molecule has 7 heteroatoms. The van der Waals surface area contributed by atoms with Gasteiger partial charge in [0.2, 0.25) is 0 Å². The highest BCUT2D eigenvalue weighted by molar-refractivity contribution is 7.09. The van der Waals surface area contributed by atoms with E-state index in [1.807, 2.05) is 32.2 Å². The minimum Gasteiger partial charge on any atom is -0.493 e. The number of amides is 1. The molecular weight excluding hydrogens is 410 g/mol. The van der Waals surface area contributed by atoms with Gasteiger partial charge in [-0.1, -0.05) is 26.8 Å². The number of aromatic amines is 1. The number of H-pyrrole nitrogens is 1. The van der Waals surface area contributed by atoms with Crippen molar-refractivity contribution in [1.29, 1.82) is 0 Å². The van der Waals surface area contributed by atoms with Crippen molar-refractivity contribution in [3.63, 3.8) is 0 Å². The van der Waals surface area contributed by atoms with Crippen LogP contribution < -0.4 is 15.6 Å². The molecule has 0 fully saturated rings. The average Bonchev–Trinajstić information content (AvgIpc) is 3.30. The van der Waals surface area contributed by atoms with Crippen LogP contribution in [0.1, 0.15) is 53.7 Å². The largest absolute Gasteiger partial charge is 0.493 e. The van der Waals surface area contributed by atoms with Crippen molar-refractivity contribution in [2.75, 3.05) is 13.2 Å². The predicted octanol–water partition coefficient (Wildman–Crippen LogP) is 4.38. The number of nitrogens with one attached hydrogen (secondary N) is 2. The van der Waals surface area contributed by atoms with E-state index < -0.39 is 0 Å². The van der Waals surface area contributed by atoms with E-state index in [0.717, 1.165) is 18.5 Å². The molecule has 1 amide bonds. The molecule has 0 bridgehead atoms. The molecule has 0 saturated carbocycles. The fourth-order valence-electron chi connectivity index (χ4n) is 3.38. The molecule has 0 aliphatic rings. The first-order valence-electron chi connectivity index (χ1n) is 10.8. The van der Waals surface area contributed by atoms with Crippen molar-refractivity contribution in [3.05, 3.63) is 67.8 Å². The maximum Gasteiger partial charge on any atom is 0.254 e. The first-order valence-corrected chi connectivity index (χ1v) is 11.6. The minimum absolute atomic E-state index is 0.142. The number of rotatable bonds is 10. The summed E-state index contributed by atoms with van der Waals surface area (Å²) >= 11 is 1.68. The smallest absolute Gasteiger partial charge is 0.254 e. The molecule has 0 saturated heterocycles. The summed E-state index contributed by atoms with van der Waals surface area (Å²) in [6.45, 7) is 7.05. The normalized spacial score (nSPS) is 10.8. The third-order valence-electron chi connectivity index (χ3n) is 4.99. The standard InChI is InChI=1S/C24H29N3O3S/c1-4-13-30-21-10-9-16(23(28)25-12-11-17-8-7-14-31-17)15-19(21)22-26-20(6-3)18(5-2)24(29)27-22/h7-10,14-15H,4-6,11-13H2,1-3H3,(H,25,28)(H,26,27,29). The topological polar surface area (TPSA) is 84.1 Å². The van der Waals surface area contributed by atoms with Crippen LogP contribution in [0.3, 0.4) is 0 Å². The van der Waals surface area contributed by atoms with E-state index in [4.69, 9.17) is 9.72 Å². The van der Waals surface area contributed by atoms with E-state index in [0.29, 0.717) is 54.3 Å². The van der Waals surface area contributed by atoms with Gasteiger partial charge >= 0.3 is 0 Å². The summed E-state index contributed by atoms with van der Waals surface area (Å²) in [5.74, 6) is 0.868. The second-order valence-corrected chi connectivity index (χ2v) is 8.22. The number of benzene rings is 1. The molecule has 6 nitrogen and oxygen atoms in total. The summed E-state index contributed by atoms with van der Waals surface area (Å²) in [7, 11) is 0. The first-order chi connectivity index (χ1) is 15.1. The maximum atomic E-state index is 12.7. The molecule has 0 radical (unpaired) electrons. The Labute approximate surface area is 186 Å². The summed E-state index contributed by atoms with van der Waals surface area (Å²) in [5.41, 5.74) is 2.45. The molecular formula is C24H29N3O3S. The quantitative estimate of drug-likeness (QED) is 0.491. The molecule has 2 heterocycles. The molecule has 0 atom stereocenters. The van der Waals surface area contributed by atoms with E-state index in [1.165, 1.54) is 4.88 Å². The lowest BCUT2D eigenvalue weighted by Gasteiger charge is -2.14. The second kappa shape index (κ2) is 10.9. The van der Waals surface area contributed by atoms with E-state index in [-0.39, 0.29) is 11.5 Å². The van der Waals surface area contributed by atoms with Crippen LogP contribution in [0.5, 0.6) is 5.75 Å². The zero-order chi connectivity index (χ0) is 22.2. The van der Waals surface area contributed by atoms with E-state index >= 15 is 0 Å². The van der Waals surface area contributed by atoms with Crippen LogP contribution in [0.2, 0.25) is 0 Å². The Kier molecular flexibility index (Phi) is 8.00. The number of carbonyl (C=O) groups excluding carboxylic acids is 1. The van der Waals surface area contributed by atoms with E-state index in [1.54, 1.807) is 29.5 Å². The van der Waals surface area contributed by atoms with Gasteiger partial charge in [-0.15, -0.1) is 11.3 Å². The number of hydrogen-bond donors (Lipinski definition) is 2. The third-order valence-corrected chi connectivity index (χ3v) is 5.92. The lowest BCUT2D eigenvalue weighted by molar-refractivity contribution is 0.0954. The number of hydrogen-bond acceptors (Lipinski definition) is 5. The SMILES string of the molecule is CCCOc1ccc(C(=O)NCCc2cccs2)cc1-c1nc(CC)c(CC)c(=O)[nH]1. The maximum absolute atomic E-state index is 12.7. The van der Waals surface area contributed by atoms with Crippen LogP contribution >= 0.6 is 11.3 Å². The first kappa shape index (κ1) is 22.7. The average molecular weight is 440 g/mol. The van der Waals surface area contributed by atoms with Gasteiger partial charge < -0.3 is 15.0 Å². The number of carbonyl (C=O) groups is 1. The summed E-state index contributed by atoms with van der Waals surface area (Å²) in [4.78, 5) is 34.1. The van der Waals surface area contributed by atoms with Gasteiger partial charge in [-0.2, -0.15) is 0 Å². The molecule has 3 rings (SSSR count). The van der Waals surface area contributed by atoms with Crippen molar-refractivity contribution in [3.8, 4) is 17.1 Å². The zero-order valence-electron chi connectivity index (χ0n) is 18.3. The monoisotopic (exact) mass is 439 g/mol. The Morgan fingerprint density at radius 1 is 1.19 bits per heavy atom. The fourth-order valence-corrected chi connectivity index (χ4v) is 4.09. The Morgan fingerprint density at radius 3 is 2.71 bits per heavy atom. The summed E-state index contributed by atoms with van der Waals surface area (Å²) < 4.78 is 5.88. The van der Waals surface area contributed by atoms with E-state index in [2.05, 4.69) is 16.4 Å². The van der Waals surface area contributed by atoms with Gasteiger partial charge in [0.1, 0.15) is 11.6 Å². The van der Waals surface area contributed by atoms with Gasteiger partial charge in [-0.25, -0.2) is 4.98 Å². The highest BCUT2D eigenvalue weighted by atomic mass is 32.1. The molecule has 2 N–H and O–H groups in total. The minimum atomic E-state index is -0.164. The van der Waals surface area contributed by atoms with Crippen molar-refractivity contribution in [2.24, 2.45) is 0 Å². The summed E-state index contributed by atoms with van der Waals surface area (Å²) in [6.07, 6.45) is 2.93. The molecule has 0 aliphatic carbocycles. The highest BCUT2D eigenvalue weighted by Crippen LogP contribution is 2.29. The summed E-state index contributed by atoms with van der Waals surface area (Å²) in [6, 6.07) is 9.33. The molecule has 2 aromatic heterocycles. The van der Waals surface area contributed by atoms with Crippen LogP contribution in [0, 0.1) is 0 Å². The lowest BCUT2D eigenvalue weighted by Crippen LogP contribution is -2.25. The number of thiophene rings is 1. The van der Waals surface area contributed by atoms with Crippen LogP contribution in [0.15, 0.2) is 40.5 Å². The Morgan fingerprint density at radius 2 is 2.03 bits per heavy atom. The fraction of sp³-hybridized carbons (Fsp3) is 0.375. The van der Waals surface area contributed by atoms with Crippen LogP contribution in [0.25, 0.3) is 11.4 Å². The van der Waals surface area contributed by atoms with E-state index in [9.17, 15) is 9.59 Å². The van der Waals surface area contributed by atoms with Gasteiger partial charge in [0.15, 0.2) is 0 Å². The third kappa shape index (κ3) is 5.61. The van der Waals surface area contributed by atoms with Crippen molar-refractivity contribution >= 4 is 17.2 Å². The molecule has 0 unspecified atom stereocenters. The van der Waals surface area contributed by atoms with Crippen molar-refractivity contribution in [2.45, 2.75) is 46.5 Å². The van der Waals surface area contributed by atoms with Crippen LogP contribution in [0.4, 0.5) is 0 Å². The highest BCUT2D eigenvalue weighted by Gasteiger charge is 2.16. The lowest BCUT2D eigenvalue weighted by atomic mass is 10.1. The number of nitrogens with zero attached hydrogens (tertiary/aromatic N) is 1. The van der Waals surface area contributed by atoms with Gasteiger partial charge in [-0.05, 0) is 55.3 Å². The van der Waals surface area contributed by atoms with Gasteiger partial charge in [0.05, 0.1) is 17.9 Å². The number of ether oxygens (including phenoxy) is 1. The predicted molar refractivity (Wildman–Crippen MR) is 125 cm³/mol. The van der Waals surface area contributed by atoms with Crippen LogP contribution in [-0.4, -0.2) is 29.0 Å². The number of aryl methyl sites for hydroxylation is 1. The molecule has 0 spiro atoms. The Bertz CT molecular complexity index is 1070. The molecule has 3 aromatic rings. The van der Waals surface area contributed by atoms with Gasteiger partial charge in [0.25, 0.3) is 11.5 Å². The number of aromatic nitrogens is 2. The molecule has 1 aromatic carbocycles. The van der Waals surface area contributed by atoms with Crippen molar-refractivity contribution in [1.82, 2.24) is 15.3 Å². The molecule has 0 aliphatic heterocycles. The zero-order valence-corrected chi connectivity index (χ0v) is 19.1. The van der Waals surface area contributed by atoms with Gasteiger partial charge in [0, 0.05) is 22.5 Å². The Balaban J connectivity index is 1.91.